The van der Waals surface area contributed by atoms with Crippen molar-refractivity contribution in [2.75, 3.05) is 19.7 Å². The van der Waals surface area contributed by atoms with Crippen molar-refractivity contribution in [2.45, 2.75) is 105 Å². The minimum atomic E-state index is -1.95. The van der Waals surface area contributed by atoms with Crippen molar-refractivity contribution < 1.29 is 64.3 Å². The third-order valence-electron chi connectivity index (χ3n) is 7.34. The molecule has 3 rings (SSSR count). The molecule has 18 heteroatoms. The minimum absolute atomic E-state index is 0.00301. The number of hydrogen-bond acceptors (Lipinski definition) is 17. The summed E-state index contributed by atoms with van der Waals surface area (Å²) in [7, 11) is 0. The summed E-state index contributed by atoms with van der Waals surface area (Å²) in [6.45, 7) is -0.975. The van der Waals surface area contributed by atoms with Gasteiger partial charge in [-0.05, 0) is 19.4 Å². The van der Waals surface area contributed by atoms with Crippen LogP contribution in [-0.2, 0) is 28.5 Å². The van der Waals surface area contributed by atoms with Gasteiger partial charge in [-0.3, -0.25) is 9.59 Å². The number of carbonyl (C=O) groups is 2. The molecule has 232 valence electrons. The maximum Gasteiger partial charge on any atom is 0.249 e. The Morgan fingerprint density at radius 1 is 0.950 bits per heavy atom. The standard InChI is InChI=1S/C22H41N5O13/c23-2-1-8(29)20(36)27-7-3-6(25)18(39-22-16(34)15(33)13(31)9(4-24)37-22)17(35)19(7)40-21-14(32)11(26)12(30)10(5-28)38-21/h6-14,16-19,21-22,28-32,34-35H,1-5,23-26H2,(H,27,36)/t6-,7+,8-,9+,10+,11-,12+,13+,14+,16+,17-,18+,19-,21+,22+/m0/s1. The second kappa shape index (κ2) is 14.1. The zero-order chi connectivity index (χ0) is 29.9. The summed E-state index contributed by atoms with van der Waals surface area (Å²) < 4.78 is 22.4. The lowest BCUT2D eigenvalue weighted by atomic mass is 9.83. The van der Waals surface area contributed by atoms with Crippen LogP contribution in [0.5, 0.6) is 0 Å². The zero-order valence-electron chi connectivity index (χ0n) is 21.6. The monoisotopic (exact) mass is 583 g/mol. The van der Waals surface area contributed by atoms with Crippen molar-refractivity contribution in [3.05, 3.63) is 0 Å². The number of aliphatic hydroxyl groups is 7. The van der Waals surface area contributed by atoms with Gasteiger partial charge in [0.05, 0.1) is 18.7 Å². The number of ether oxygens (including phenoxy) is 4. The van der Waals surface area contributed by atoms with Gasteiger partial charge >= 0.3 is 0 Å². The molecule has 0 bridgehead atoms. The number of carbonyl (C=O) groups excluding carboxylic acids is 2. The average molecular weight is 584 g/mol. The number of nitrogens with two attached hydrogens (primary N) is 4. The second-order valence-electron chi connectivity index (χ2n) is 10.2. The lowest BCUT2D eigenvalue weighted by Gasteiger charge is -2.48. The molecule has 3 fully saturated rings. The number of Topliss-reactive ketones (excluding diaryl/α,β-unsaturated/α-hetero) is 1. The van der Waals surface area contributed by atoms with Gasteiger partial charge in [0, 0.05) is 12.6 Å². The highest BCUT2D eigenvalue weighted by molar-refractivity contribution is 5.88. The summed E-state index contributed by atoms with van der Waals surface area (Å²) >= 11 is 0. The highest BCUT2D eigenvalue weighted by Gasteiger charge is 2.52. The molecule has 0 radical (unpaired) electrons. The van der Waals surface area contributed by atoms with E-state index < -0.39 is 110 Å². The third-order valence-corrected chi connectivity index (χ3v) is 7.34. The summed E-state index contributed by atoms with van der Waals surface area (Å²) in [6.07, 6.45) is -18.9. The van der Waals surface area contributed by atoms with Gasteiger partial charge in [0.1, 0.15) is 54.9 Å². The van der Waals surface area contributed by atoms with Gasteiger partial charge in [0.25, 0.3) is 0 Å². The van der Waals surface area contributed by atoms with E-state index in [-0.39, 0.29) is 25.9 Å². The van der Waals surface area contributed by atoms with E-state index in [2.05, 4.69) is 5.32 Å². The molecular formula is C22H41N5O13. The number of rotatable bonds is 10. The molecule has 0 aromatic rings. The van der Waals surface area contributed by atoms with Crippen LogP contribution in [0.15, 0.2) is 0 Å². The molecule has 2 aliphatic heterocycles. The Morgan fingerprint density at radius 2 is 1.57 bits per heavy atom. The molecule has 16 N–H and O–H groups in total. The first-order valence-corrected chi connectivity index (χ1v) is 12.9. The number of nitrogens with one attached hydrogen (secondary N) is 1. The molecular weight excluding hydrogens is 542 g/mol. The first-order chi connectivity index (χ1) is 18.9. The third kappa shape index (κ3) is 6.94. The Bertz CT molecular complexity index is 858. The predicted molar refractivity (Wildman–Crippen MR) is 130 cm³/mol. The fourth-order valence-corrected chi connectivity index (χ4v) is 4.95. The topological polar surface area (TPSA) is 329 Å². The van der Waals surface area contributed by atoms with Gasteiger partial charge in [-0.2, -0.15) is 0 Å². The van der Waals surface area contributed by atoms with E-state index >= 15 is 0 Å². The molecule has 18 nitrogen and oxygen atoms in total. The van der Waals surface area contributed by atoms with Crippen molar-refractivity contribution in [2.24, 2.45) is 22.9 Å². The SMILES string of the molecule is NCC[C@H](O)C(=O)N[C@@H]1C[C@H](N)[C@@H](O[C@H]2O[C@H](CN)[C@@H](O)C(=O)[C@H]2O)[C@H](O)[C@H]1O[C@H]1O[C@H](CO)[C@@H](O)[C@H](N)[C@H]1O. The largest absolute Gasteiger partial charge is 0.394 e. The molecule has 2 heterocycles. The van der Waals surface area contributed by atoms with E-state index in [1.807, 2.05) is 0 Å². The number of hydrogen-bond donors (Lipinski definition) is 12. The van der Waals surface area contributed by atoms with Crippen LogP contribution in [0.1, 0.15) is 12.8 Å². The molecule has 0 aromatic carbocycles. The lowest BCUT2D eigenvalue weighted by Crippen LogP contribution is -2.69. The Morgan fingerprint density at radius 3 is 2.17 bits per heavy atom. The molecule has 15 atom stereocenters. The highest BCUT2D eigenvalue weighted by Crippen LogP contribution is 2.31. The Balaban J connectivity index is 1.85. The number of ketones is 1. The normalized spacial score (nSPS) is 45.2. The fraction of sp³-hybridized carbons (Fsp3) is 0.909. The fourth-order valence-electron chi connectivity index (χ4n) is 4.95. The first kappa shape index (κ1) is 33.0. The Kier molecular flexibility index (Phi) is 11.7. The van der Waals surface area contributed by atoms with Crippen LogP contribution < -0.4 is 28.3 Å². The smallest absolute Gasteiger partial charge is 0.249 e. The summed E-state index contributed by atoms with van der Waals surface area (Å²) in [5.41, 5.74) is 23.0. The second-order valence-corrected chi connectivity index (χ2v) is 10.2. The Hall–Kier alpha value is -1.46. The van der Waals surface area contributed by atoms with Crippen molar-refractivity contribution in [1.82, 2.24) is 5.32 Å². The molecule has 0 aromatic heterocycles. The van der Waals surface area contributed by atoms with E-state index in [9.17, 15) is 45.3 Å². The van der Waals surface area contributed by atoms with Gasteiger partial charge < -0.3 is 82.9 Å². The van der Waals surface area contributed by atoms with Crippen molar-refractivity contribution in [3.8, 4) is 0 Å². The lowest BCUT2D eigenvalue weighted by molar-refractivity contribution is -0.318. The van der Waals surface area contributed by atoms with Crippen molar-refractivity contribution >= 4 is 11.7 Å². The maximum absolute atomic E-state index is 12.6. The van der Waals surface area contributed by atoms with E-state index in [1.165, 1.54) is 0 Å². The van der Waals surface area contributed by atoms with Gasteiger partial charge in [-0.15, -0.1) is 0 Å². The van der Waals surface area contributed by atoms with E-state index in [4.69, 9.17) is 41.9 Å². The van der Waals surface area contributed by atoms with Gasteiger partial charge in [0.2, 0.25) is 5.91 Å². The molecule has 0 unspecified atom stereocenters. The summed E-state index contributed by atoms with van der Waals surface area (Å²) in [5, 5.41) is 74.4. The maximum atomic E-state index is 12.6. The van der Waals surface area contributed by atoms with Crippen molar-refractivity contribution in [3.63, 3.8) is 0 Å². The molecule has 2 saturated heterocycles. The Labute approximate surface area is 229 Å². The van der Waals surface area contributed by atoms with Crippen LogP contribution in [0.25, 0.3) is 0 Å². The zero-order valence-corrected chi connectivity index (χ0v) is 21.6. The van der Waals surface area contributed by atoms with Crippen LogP contribution in [0.4, 0.5) is 0 Å². The van der Waals surface area contributed by atoms with Crippen molar-refractivity contribution in [1.29, 1.82) is 0 Å². The van der Waals surface area contributed by atoms with Gasteiger partial charge in [0.15, 0.2) is 24.5 Å². The van der Waals surface area contributed by atoms with Gasteiger partial charge in [-0.25, -0.2) is 0 Å². The molecule has 1 aliphatic carbocycles. The average Bonchev–Trinajstić information content (AvgIpc) is 2.92. The number of amides is 1. The van der Waals surface area contributed by atoms with Gasteiger partial charge in [-0.1, -0.05) is 0 Å². The quantitative estimate of drug-likeness (QED) is 0.113. The van der Waals surface area contributed by atoms with Crippen LogP contribution >= 0.6 is 0 Å². The molecule has 3 aliphatic rings. The van der Waals surface area contributed by atoms with Crippen LogP contribution in [-0.4, -0.2) is 159 Å². The first-order valence-electron chi connectivity index (χ1n) is 12.9. The molecule has 40 heavy (non-hydrogen) atoms. The molecule has 0 spiro atoms. The summed E-state index contributed by atoms with van der Waals surface area (Å²) in [6, 6.07) is -3.51. The minimum Gasteiger partial charge on any atom is -0.394 e. The van der Waals surface area contributed by atoms with Crippen LogP contribution in [0, 0.1) is 0 Å². The predicted octanol–water partition coefficient (Wildman–Crippen LogP) is -8.22. The summed E-state index contributed by atoms with van der Waals surface area (Å²) in [5.74, 6) is -1.87. The highest BCUT2D eigenvalue weighted by atomic mass is 16.7. The van der Waals surface area contributed by atoms with Crippen LogP contribution in [0.3, 0.4) is 0 Å². The van der Waals surface area contributed by atoms with E-state index in [0.717, 1.165) is 0 Å². The molecule has 1 saturated carbocycles. The van der Waals surface area contributed by atoms with Crippen LogP contribution in [0.2, 0.25) is 0 Å². The number of aliphatic hydroxyl groups excluding tert-OH is 7. The van der Waals surface area contributed by atoms with E-state index in [0.29, 0.717) is 0 Å². The summed E-state index contributed by atoms with van der Waals surface area (Å²) in [4.78, 5) is 24.8. The van der Waals surface area contributed by atoms with E-state index in [1.54, 1.807) is 0 Å². The molecule has 1 amide bonds.